The Morgan fingerprint density at radius 2 is 2.24 bits per heavy atom. The van der Waals surface area contributed by atoms with Crippen molar-refractivity contribution in [2.24, 2.45) is 4.99 Å². The van der Waals surface area contributed by atoms with Gasteiger partial charge >= 0.3 is 0 Å². The first-order valence-corrected chi connectivity index (χ1v) is 5.57. The van der Waals surface area contributed by atoms with Gasteiger partial charge in [-0.3, -0.25) is 0 Å². The SMILES string of the molecule is CC(C)(C)NC(=NC#N)NCN1C=CC=CC1. The van der Waals surface area contributed by atoms with Gasteiger partial charge in [0.15, 0.2) is 0 Å². The van der Waals surface area contributed by atoms with Crippen LogP contribution in [0.4, 0.5) is 0 Å². The summed E-state index contributed by atoms with van der Waals surface area (Å²) in [7, 11) is 0. The van der Waals surface area contributed by atoms with Crippen LogP contribution in [0.25, 0.3) is 0 Å². The minimum atomic E-state index is -0.125. The molecule has 0 amide bonds. The fourth-order valence-corrected chi connectivity index (χ4v) is 1.32. The molecule has 0 aromatic rings. The van der Waals surface area contributed by atoms with E-state index < -0.39 is 0 Å². The highest BCUT2D eigenvalue weighted by Gasteiger charge is 2.12. The number of rotatable bonds is 2. The molecule has 5 nitrogen and oxygen atoms in total. The van der Waals surface area contributed by atoms with Crippen LogP contribution in [0, 0.1) is 11.5 Å². The van der Waals surface area contributed by atoms with E-state index in [1.807, 2.05) is 39.1 Å². The van der Waals surface area contributed by atoms with Gasteiger partial charge in [-0.25, -0.2) is 0 Å². The number of nitriles is 1. The largest absolute Gasteiger partial charge is 0.356 e. The van der Waals surface area contributed by atoms with Crippen LogP contribution in [0.5, 0.6) is 0 Å². The standard InChI is InChI=1S/C12H19N5/c1-12(2,3)16-11(14-9-13)15-10-17-7-5-4-6-8-17/h4-7H,8,10H2,1-3H3,(H2,14,15,16). The summed E-state index contributed by atoms with van der Waals surface area (Å²) < 4.78 is 0. The minimum Gasteiger partial charge on any atom is -0.356 e. The first-order chi connectivity index (χ1) is 8.01. The van der Waals surface area contributed by atoms with Gasteiger partial charge < -0.3 is 15.5 Å². The van der Waals surface area contributed by atoms with E-state index in [0.29, 0.717) is 12.6 Å². The Bertz CT molecular complexity index is 367. The molecule has 0 aromatic heterocycles. The van der Waals surface area contributed by atoms with E-state index in [1.54, 1.807) is 6.19 Å². The summed E-state index contributed by atoms with van der Waals surface area (Å²) in [6.07, 6.45) is 9.84. The predicted molar refractivity (Wildman–Crippen MR) is 68.9 cm³/mol. The lowest BCUT2D eigenvalue weighted by atomic mass is 10.1. The van der Waals surface area contributed by atoms with E-state index in [1.165, 1.54) is 0 Å². The Kier molecular flexibility index (Phi) is 4.58. The Morgan fingerprint density at radius 3 is 2.76 bits per heavy atom. The fraction of sp³-hybridized carbons (Fsp3) is 0.500. The molecule has 5 heteroatoms. The molecule has 0 saturated carbocycles. The van der Waals surface area contributed by atoms with Crippen LogP contribution < -0.4 is 10.6 Å². The molecule has 1 heterocycles. The van der Waals surface area contributed by atoms with Crippen LogP contribution in [0.15, 0.2) is 29.4 Å². The topological polar surface area (TPSA) is 63.5 Å². The Morgan fingerprint density at radius 1 is 1.47 bits per heavy atom. The van der Waals surface area contributed by atoms with Crippen molar-refractivity contribution in [3.05, 3.63) is 24.4 Å². The first-order valence-electron chi connectivity index (χ1n) is 5.57. The average molecular weight is 233 g/mol. The molecule has 0 fully saturated rings. The molecule has 0 spiro atoms. The minimum absolute atomic E-state index is 0.125. The first kappa shape index (κ1) is 13.1. The Hall–Kier alpha value is -1.96. The van der Waals surface area contributed by atoms with Gasteiger partial charge in [0.25, 0.3) is 0 Å². The van der Waals surface area contributed by atoms with Gasteiger partial charge in [0.2, 0.25) is 12.2 Å². The summed E-state index contributed by atoms with van der Waals surface area (Å²) in [5, 5.41) is 14.9. The summed E-state index contributed by atoms with van der Waals surface area (Å²) in [4.78, 5) is 5.81. The maximum absolute atomic E-state index is 8.61. The maximum atomic E-state index is 8.61. The van der Waals surface area contributed by atoms with Crippen LogP contribution >= 0.6 is 0 Å². The highest BCUT2D eigenvalue weighted by Crippen LogP contribution is 1.99. The van der Waals surface area contributed by atoms with Crippen molar-refractivity contribution in [2.75, 3.05) is 13.2 Å². The lowest BCUT2D eigenvalue weighted by Gasteiger charge is -2.26. The number of guanidine groups is 1. The van der Waals surface area contributed by atoms with E-state index in [-0.39, 0.29) is 5.54 Å². The molecule has 0 aliphatic carbocycles. The second-order valence-corrected chi connectivity index (χ2v) is 4.81. The summed E-state index contributed by atoms with van der Waals surface area (Å²) in [5.41, 5.74) is -0.125. The van der Waals surface area contributed by atoms with Crippen molar-refractivity contribution in [1.29, 1.82) is 5.26 Å². The molecule has 92 valence electrons. The number of allylic oxidation sites excluding steroid dienone is 2. The molecule has 0 aromatic carbocycles. The van der Waals surface area contributed by atoms with Crippen molar-refractivity contribution in [1.82, 2.24) is 15.5 Å². The van der Waals surface area contributed by atoms with Crippen LogP contribution in [-0.4, -0.2) is 29.6 Å². The highest BCUT2D eigenvalue weighted by atomic mass is 15.3. The van der Waals surface area contributed by atoms with E-state index >= 15 is 0 Å². The number of hydrogen-bond acceptors (Lipinski definition) is 3. The van der Waals surface area contributed by atoms with E-state index in [2.05, 4.69) is 26.6 Å². The third-order valence-corrected chi connectivity index (χ3v) is 1.99. The zero-order chi connectivity index (χ0) is 12.7. The van der Waals surface area contributed by atoms with Gasteiger partial charge in [-0.15, -0.1) is 4.99 Å². The summed E-state index contributed by atoms with van der Waals surface area (Å²) in [6, 6.07) is 0. The number of aliphatic imine (C=N–C) groups is 1. The van der Waals surface area contributed by atoms with Gasteiger partial charge in [0, 0.05) is 18.3 Å². The van der Waals surface area contributed by atoms with Gasteiger partial charge in [0.05, 0.1) is 6.67 Å². The fourth-order valence-electron chi connectivity index (χ4n) is 1.32. The lowest BCUT2D eigenvalue weighted by Crippen LogP contribution is -2.49. The van der Waals surface area contributed by atoms with Gasteiger partial charge in [-0.2, -0.15) is 5.26 Å². The van der Waals surface area contributed by atoms with Gasteiger partial charge in [0.1, 0.15) is 0 Å². The van der Waals surface area contributed by atoms with E-state index in [9.17, 15) is 0 Å². The van der Waals surface area contributed by atoms with Crippen molar-refractivity contribution < 1.29 is 0 Å². The highest BCUT2D eigenvalue weighted by molar-refractivity contribution is 5.81. The summed E-state index contributed by atoms with van der Waals surface area (Å²) in [6.45, 7) is 7.53. The van der Waals surface area contributed by atoms with Crippen molar-refractivity contribution >= 4 is 5.96 Å². The molecule has 1 aliphatic rings. The molecule has 0 atom stereocenters. The molecule has 0 radical (unpaired) electrons. The number of nitrogens with one attached hydrogen (secondary N) is 2. The third kappa shape index (κ3) is 5.61. The molecular formula is C12H19N5. The van der Waals surface area contributed by atoms with Gasteiger partial charge in [-0.05, 0) is 26.8 Å². The quantitative estimate of drug-likeness (QED) is 0.426. The Balaban J connectivity index is 2.46. The van der Waals surface area contributed by atoms with E-state index in [4.69, 9.17) is 5.26 Å². The second-order valence-electron chi connectivity index (χ2n) is 4.81. The number of hydrogen-bond donors (Lipinski definition) is 2. The molecular weight excluding hydrogens is 214 g/mol. The molecule has 0 bridgehead atoms. The summed E-state index contributed by atoms with van der Waals surface area (Å²) in [5.74, 6) is 0.503. The van der Waals surface area contributed by atoms with E-state index in [0.717, 1.165) is 6.54 Å². The number of nitrogens with zero attached hydrogens (tertiary/aromatic N) is 3. The molecule has 1 aliphatic heterocycles. The monoisotopic (exact) mass is 233 g/mol. The van der Waals surface area contributed by atoms with Crippen LogP contribution in [-0.2, 0) is 0 Å². The zero-order valence-corrected chi connectivity index (χ0v) is 10.6. The molecule has 17 heavy (non-hydrogen) atoms. The lowest BCUT2D eigenvalue weighted by molar-refractivity contribution is 0.395. The smallest absolute Gasteiger partial charge is 0.209 e. The van der Waals surface area contributed by atoms with Crippen molar-refractivity contribution in [3.8, 4) is 6.19 Å². The molecule has 2 N–H and O–H groups in total. The van der Waals surface area contributed by atoms with Gasteiger partial charge in [-0.1, -0.05) is 12.2 Å². The normalized spacial score (nSPS) is 15.6. The van der Waals surface area contributed by atoms with Crippen LogP contribution in [0.3, 0.4) is 0 Å². The van der Waals surface area contributed by atoms with Crippen LogP contribution in [0.1, 0.15) is 20.8 Å². The Labute approximate surface area is 103 Å². The molecule has 0 unspecified atom stereocenters. The third-order valence-electron chi connectivity index (χ3n) is 1.99. The maximum Gasteiger partial charge on any atom is 0.209 e. The second kappa shape index (κ2) is 5.94. The van der Waals surface area contributed by atoms with Crippen molar-refractivity contribution in [2.45, 2.75) is 26.3 Å². The summed E-state index contributed by atoms with van der Waals surface area (Å²) >= 11 is 0. The average Bonchev–Trinajstić information content (AvgIpc) is 2.26. The van der Waals surface area contributed by atoms with Crippen LogP contribution in [0.2, 0.25) is 0 Å². The molecule has 0 saturated heterocycles. The molecule has 1 rings (SSSR count). The predicted octanol–water partition coefficient (Wildman–Crippen LogP) is 1.14. The zero-order valence-electron chi connectivity index (χ0n) is 10.6. The van der Waals surface area contributed by atoms with Crippen molar-refractivity contribution in [3.63, 3.8) is 0 Å².